The Labute approximate surface area is 138 Å². The van der Waals surface area contributed by atoms with Gasteiger partial charge < -0.3 is 4.90 Å². The first-order valence-electron chi connectivity index (χ1n) is 6.83. The lowest BCUT2D eigenvalue weighted by atomic mass is 10.1. The van der Waals surface area contributed by atoms with Crippen LogP contribution in [0.25, 0.3) is 0 Å². The van der Waals surface area contributed by atoms with Gasteiger partial charge in [-0.25, -0.2) is 8.42 Å². The van der Waals surface area contributed by atoms with Gasteiger partial charge in [-0.15, -0.1) is 0 Å². The summed E-state index contributed by atoms with van der Waals surface area (Å²) in [4.78, 5) is 12.3. The van der Waals surface area contributed by atoms with Crippen LogP contribution in [0.4, 0.5) is 17.1 Å². The molecule has 0 spiro atoms. The van der Waals surface area contributed by atoms with Crippen molar-refractivity contribution >= 4 is 38.5 Å². The van der Waals surface area contributed by atoms with Gasteiger partial charge in [0.25, 0.3) is 0 Å². The lowest BCUT2D eigenvalue weighted by Gasteiger charge is -2.20. The van der Waals surface area contributed by atoms with Gasteiger partial charge in [-0.05, 0) is 36.2 Å². The fraction of sp³-hybridized carbons (Fsp3) is 0.200. The van der Waals surface area contributed by atoms with Crippen LogP contribution in [-0.4, -0.2) is 26.1 Å². The third-order valence-corrected chi connectivity index (χ3v) is 5.30. The molecule has 0 saturated heterocycles. The Morgan fingerprint density at radius 3 is 2.48 bits per heavy atom. The van der Waals surface area contributed by atoms with Crippen molar-refractivity contribution in [3.8, 4) is 0 Å². The van der Waals surface area contributed by atoms with Crippen molar-refractivity contribution in [1.29, 1.82) is 0 Å². The van der Waals surface area contributed by atoms with Crippen molar-refractivity contribution in [3.05, 3.63) is 57.1 Å². The molecule has 1 heterocycles. The predicted molar refractivity (Wildman–Crippen MR) is 88.4 cm³/mol. The van der Waals surface area contributed by atoms with Gasteiger partial charge in [0.05, 0.1) is 4.92 Å². The molecule has 0 amide bonds. The number of sulfone groups is 1. The maximum Gasteiger partial charge on any atom is 0.311 e. The molecule has 23 heavy (non-hydrogen) atoms. The molecule has 0 unspecified atom stereocenters. The molecule has 1 aliphatic heterocycles. The van der Waals surface area contributed by atoms with E-state index in [1.165, 1.54) is 12.1 Å². The standard InChI is InChI=1S/C15H13ClN2O4S/c1-23(21,22)14-7-3-6-13(15(14)18(19)20)17-9-8-10-11(16)4-2-5-12(10)17/h2-7H,8-9H2,1H3. The van der Waals surface area contributed by atoms with Crippen molar-refractivity contribution in [1.82, 2.24) is 0 Å². The highest BCUT2D eigenvalue weighted by Gasteiger charge is 2.32. The molecule has 0 aliphatic carbocycles. The summed E-state index contributed by atoms with van der Waals surface area (Å²) in [7, 11) is -3.71. The number of para-hydroxylation sites is 1. The molecule has 0 fully saturated rings. The number of nitrogens with zero attached hydrogens (tertiary/aromatic N) is 2. The molecule has 0 N–H and O–H groups in total. The van der Waals surface area contributed by atoms with E-state index in [2.05, 4.69) is 0 Å². The highest BCUT2D eigenvalue weighted by atomic mass is 35.5. The fourth-order valence-corrected chi connectivity index (χ4v) is 3.97. The third kappa shape index (κ3) is 2.66. The molecule has 0 radical (unpaired) electrons. The number of halogens is 1. The summed E-state index contributed by atoms with van der Waals surface area (Å²) in [6, 6.07) is 9.69. The minimum Gasteiger partial charge on any atom is -0.335 e. The molecular formula is C15H13ClN2O4S. The topological polar surface area (TPSA) is 80.5 Å². The van der Waals surface area contributed by atoms with E-state index in [0.29, 0.717) is 18.0 Å². The summed E-state index contributed by atoms with van der Waals surface area (Å²) in [5.74, 6) is 0. The molecule has 8 heteroatoms. The molecule has 0 aromatic heterocycles. The lowest BCUT2D eigenvalue weighted by molar-refractivity contribution is -0.387. The Kier molecular flexibility index (Phi) is 3.77. The van der Waals surface area contributed by atoms with Gasteiger partial charge >= 0.3 is 5.69 Å². The third-order valence-electron chi connectivity index (χ3n) is 3.82. The number of benzene rings is 2. The lowest BCUT2D eigenvalue weighted by Crippen LogP contribution is -2.16. The summed E-state index contributed by atoms with van der Waals surface area (Å²) in [5, 5.41) is 12.1. The highest BCUT2D eigenvalue weighted by Crippen LogP contribution is 2.43. The molecule has 2 aromatic rings. The Hall–Kier alpha value is -2.12. The number of rotatable bonds is 3. The second-order valence-corrected chi connectivity index (χ2v) is 7.68. The first-order chi connectivity index (χ1) is 10.8. The minimum atomic E-state index is -3.71. The summed E-state index contributed by atoms with van der Waals surface area (Å²) >= 11 is 6.17. The van der Waals surface area contributed by atoms with E-state index < -0.39 is 20.4 Å². The van der Waals surface area contributed by atoms with Crippen molar-refractivity contribution in [2.45, 2.75) is 11.3 Å². The SMILES string of the molecule is CS(=O)(=O)c1cccc(N2CCc3c(Cl)cccc32)c1[N+](=O)[O-]. The summed E-state index contributed by atoms with van der Waals surface area (Å²) in [5.41, 5.74) is 1.54. The maximum absolute atomic E-state index is 11.9. The Morgan fingerprint density at radius 1 is 1.17 bits per heavy atom. The van der Waals surface area contributed by atoms with Gasteiger partial charge in [-0.3, -0.25) is 10.1 Å². The van der Waals surface area contributed by atoms with Crippen LogP contribution >= 0.6 is 11.6 Å². The van der Waals surface area contributed by atoms with Gasteiger partial charge in [0.1, 0.15) is 10.6 Å². The van der Waals surface area contributed by atoms with Gasteiger partial charge in [0, 0.05) is 23.5 Å². The first-order valence-corrected chi connectivity index (χ1v) is 9.10. The first kappa shape index (κ1) is 15.8. The van der Waals surface area contributed by atoms with Crippen LogP contribution in [0.1, 0.15) is 5.56 Å². The molecule has 120 valence electrons. The number of hydrogen-bond donors (Lipinski definition) is 0. The van der Waals surface area contributed by atoms with E-state index >= 15 is 0 Å². The highest BCUT2D eigenvalue weighted by molar-refractivity contribution is 7.90. The van der Waals surface area contributed by atoms with Crippen molar-refractivity contribution in [2.24, 2.45) is 0 Å². The zero-order valence-corrected chi connectivity index (χ0v) is 13.8. The molecule has 6 nitrogen and oxygen atoms in total. The maximum atomic E-state index is 11.9. The number of nitro benzene ring substituents is 1. The quantitative estimate of drug-likeness (QED) is 0.625. The van der Waals surface area contributed by atoms with Crippen LogP contribution in [0.15, 0.2) is 41.3 Å². The average Bonchev–Trinajstić information content (AvgIpc) is 2.90. The Bertz CT molecular complexity index is 912. The number of nitro groups is 1. The van der Waals surface area contributed by atoms with Gasteiger partial charge in [0.15, 0.2) is 9.84 Å². The van der Waals surface area contributed by atoms with Crippen LogP contribution < -0.4 is 4.90 Å². The fourth-order valence-electron chi connectivity index (χ4n) is 2.85. The molecule has 0 bridgehead atoms. The van der Waals surface area contributed by atoms with Crippen LogP contribution in [0.2, 0.25) is 5.02 Å². The second-order valence-electron chi connectivity index (χ2n) is 5.29. The minimum absolute atomic E-state index is 0.263. The van der Waals surface area contributed by atoms with Crippen molar-refractivity contribution in [2.75, 3.05) is 17.7 Å². The zero-order valence-electron chi connectivity index (χ0n) is 12.2. The van der Waals surface area contributed by atoms with E-state index in [1.807, 2.05) is 6.07 Å². The Morgan fingerprint density at radius 2 is 1.83 bits per heavy atom. The van der Waals surface area contributed by atoms with Crippen molar-refractivity contribution in [3.63, 3.8) is 0 Å². The van der Waals surface area contributed by atoms with Gasteiger partial charge in [-0.1, -0.05) is 23.7 Å². The molecule has 0 saturated carbocycles. The summed E-state index contributed by atoms with van der Waals surface area (Å²) in [6.07, 6.45) is 1.61. The largest absolute Gasteiger partial charge is 0.335 e. The number of hydrogen-bond acceptors (Lipinski definition) is 5. The number of fused-ring (bicyclic) bond motifs is 1. The van der Waals surface area contributed by atoms with E-state index in [4.69, 9.17) is 11.6 Å². The average molecular weight is 353 g/mol. The number of anilines is 2. The van der Waals surface area contributed by atoms with Crippen LogP contribution in [0.5, 0.6) is 0 Å². The normalized spacial score (nSPS) is 13.9. The molecule has 1 aliphatic rings. The monoisotopic (exact) mass is 352 g/mol. The zero-order chi connectivity index (χ0) is 16.8. The molecule has 2 aromatic carbocycles. The van der Waals surface area contributed by atoms with E-state index in [1.54, 1.807) is 23.1 Å². The Balaban J connectivity index is 2.24. The van der Waals surface area contributed by atoms with Crippen molar-refractivity contribution < 1.29 is 13.3 Å². The smallest absolute Gasteiger partial charge is 0.311 e. The van der Waals surface area contributed by atoms with Crippen LogP contribution in [0.3, 0.4) is 0 Å². The van der Waals surface area contributed by atoms with Crippen LogP contribution in [0, 0.1) is 10.1 Å². The second kappa shape index (κ2) is 5.50. The van der Waals surface area contributed by atoms with E-state index in [0.717, 1.165) is 17.5 Å². The molecular weight excluding hydrogens is 340 g/mol. The summed E-state index contributed by atoms with van der Waals surface area (Å²) < 4.78 is 23.8. The van der Waals surface area contributed by atoms with Gasteiger partial charge in [0.2, 0.25) is 0 Å². The van der Waals surface area contributed by atoms with Gasteiger partial charge in [-0.2, -0.15) is 0 Å². The van der Waals surface area contributed by atoms with E-state index in [9.17, 15) is 18.5 Å². The van der Waals surface area contributed by atoms with Crippen LogP contribution in [-0.2, 0) is 16.3 Å². The molecule has 0 atom stereocenters. The predicted octanol–water partition coefficient (Wildman–Crippen LogP) is 3.35. The van der Waals surface area contributed by atoms with E-state index in [-0.39, 0.29) is 10.6 Å². The summed E-state index contributed by atoms with van der Waals surface area (Å²) in [6.45, 7) is 0.507. The molecule has 3 rings (SSSR count).